The summed E-state index contributed by atoms with van der Waals surface area (Å²) in [5.74, 6) is 0.190. The van der Waals surface area contributed by atoms with Gasteiger partial charge in [-0.1, -0.05) is 43.7 Å². The van der Waals surface area contributed by atoms with Crippen molar-refractivity contribution in [1.82, 2.24) is 19.8 Å². The molecule has 1 fully saturated rings. The summed E-state index contributed by atoms with van der Waals surface area (Å²) in [6.07, 6.45) is 3.72. The number of amidine groups is 1. The minimum Gasteiger partial charge on any atom is -0.350 e. The second-order valence-electron chi connectivity index (χ2n) is 10.7. The third kappa shape index (κ3) is 5.92. The van der Waals surface area contributed by atoms with E-state index < -0.39 is 5.82 Å². The van der Waals surface area contributed by atoms with Gasteiger partial charge >= 0.3 is 0 Å². The number of pyridine rings is 2. The molecule has 1 aromatic carbocycles. The number of hydrogen-bond acceptors (Lipinski definition) is 5. The average Bonchev–Trinajstić information content (AvgIpc) is 2.96. The first kappa shape index (κ1) is 30.8. The molecular formula is C32H36ClFN6O2. The monoisotopic (exact) mass is 590 g/mol. The van der Waals surface area contributed by atoms with Gasteiger partial charge in [-0.05, 0) is 62.6 Å². The van der Waals surface area contributed by atoms with E-state index >= 15 is 4.39 Å². The van der Waals surface area contributed by atoms with Crippen molar-refractivity contribution in [3.8, 4) is 11.3 Å². The minimum absolute atomic E-state index is 0.00148. The number of halogens is 2. The summed E-state index contributed by atoms with van der Waals surface area (Å²) >= 11 is 6.84. The Kier molecular flexibility index (Phi) is 9.41. The van der Waals surface area contributed by atoms with E-state index in [0.717, 1.165) is 11.1 Å². The molecule has 3 aromatic rings. The Morgan fingerprint density at radius 3 is 2.60 bits per heavy atom. The molecule has 1 unspecified atom stereocenters. The van der Waals surface area contributed by atoms with Crippen molar-refractivity contribution in [2.45, 2.75) is 46.6 Å². The molecule has 220 valence electrons. The molecule has 10 heteroatoms. The molecule has 2 aromatic heterocycles. The van der Waals surface area contributed by atoms with E-state index in [1.165, 1.54) is 17.0 Å². The van der Waals surface area contributed by atoms with Crippen molar-refractivity contribution in [1.29, 1.82) is 0 Å². The Hall–Kier alpha value is -4.11. The maximum Gasteiger partial charge on any atom is 0.246 e. The van der Waals surface area contributed by atoms with Crippen LogP contribution >= 0.6 is 11.6 Å². The number of rotatable bonds is 7. The zero-order valence-electron chi connectivity index (χ0n) is 24.9. The molecule has 2 amide bonds. The van der Waals surface area contributed by atoms with Gasteiger partial charge in [-0.15, -0.1) is 0 Å². The fourth-order valence-corrected chi connectivity index (χ4v) is 5.61. The van der Waals surface area contributed by atoms with Gasteiger partial charge in [0.1, 0.15) is 11.7 Å². The van der Waals surface area contributed by atoms with Crippen LogP contribution in [0.4, 0.5) is 15.9 Å². The Labute approximate surface area is 251 Å². The van der Waals surface area contributed by atoms with Crippen molar-refractivity contribution in [3.05, 3.63) is 82.4 Å². The Morgan fingerprint density at radius 1 is 1.24 bits per heavy atom. The first-order valence-corrected chi connectivity index (χ1v) is 14.2. The highest BCUT2D eigenvalue weighted by Gasteiger charge is 2.32. The molecule has 0 N–H and O–H groups in total. The summed E-state index contributed by atoms with van der Waals surface area (Å²) in [5, 5.41) is 0.213. The molecule has 8 nitrogen and oxygen atoms in total. The third-order valence-corrected chi connectivity index (χ3v) is 7.74. The summed E-state index contributed by atoms with van der Waals surface area (Å²) in [7, 11) is 1.66. The summed E-state index contributed by atoms with van der Waals surface area (Å²) < 4.78 is 15.1. The highest BCUT2D eigenvalue weighted by molar-refractivity contribution is 6.33. The second kappa shape index (κ2) is 12.8. The number of hydrogen-bond donors (Lipinski definition) is 0. The first-order valence-electron chi connectivity index (χ1n) is 13.8. The van der Waals surface area contributed by atoms with Crippen LogP contribution in [0.3, 0.4) is 0 Å². The van der Waals surface area contributed by atoms with Crippen molar-refractivity contribution in [2.24, 2.45) is 4.99 Å². The van der Waals surface area contributed by atoms with Gasteiger partial charge in [0, 0.05) is 44.5 Å². The van der Waals surface area contributed by atoms with E-state index in [0.29, 0.717) is 48.8 Å². The van der Waals surface area contributed by atoms with Gasteiger partial charge in [-0.3, -0.25) is 24.5 Å². The highest BCUT2D eigenvalue weighted by atomic mass is 35.5. The third-order valence-electron chi connectivity index (χ3n) is 7.45. The molecule has 0 bridgehead atoms. The largest absolute Gasteiger partial charge is 0.350 e. The van der Waals surface area contributed by atoms with E-state index in [4.69, 9.17) is 16.6 Å². The van der Waals surface area contributed by atoms with Gasteiger partial charge in [-0.2, -0.15) is 0 Å². The van der Waals surface area contributed by atoms with Crippen LogP contribution in [-0.4, -0.2) is 70.6 Å². The number of aliphatic imine (C=N–C) groups is 1. The molecule has 3 heterocycles. The zero-order chi connectivity index (χ0) is 30.7. The summed E-state index contributed by atoms with van der Waals surface area (Å²) in [6.45, 7) is 14.8. The maximum absolute atomic E-state index is 15.1. The van der Waals surface area contributed by atoms with Crippen molar-refractivity contribution >= 4 is 41.3 Å². The van der Waals surface area contributed by atoms with Crippen LogP contribution in [0.1, 0.15) is 49.1 Å². The molecule has 1 aliphatic heterocycles. The van der Waals surface area contributed by atoms with Crippen LogP contribution in [0.15, 0.2) is 54.2 Å². The van der Waals surface area contributed by atoms with Crippen LogP contribution in [0.5, 0.6) is 0 Å². The van der Waals surface area contributed by atoms with Crippen LogP contribution in [0.2, 0.25) is 5.02 Å². The number of aryl methyl sites for hydroxylation is 2. The minimum atomic E-state index is -0.479. The topological polar surface area (TPSA) is 82.0 Å². The van der Waals surface area contributed by atoms with E-state index in [-0.39, 0.29) is 40.0 Å². The summed E-state index contributed by atoms with van der Waals surface area (Å²) in [6, 6.07) is 8.14. The second-order valence-corrected chi connectivity index (χ2v) is 11.2. The summed E-state index contributed by atoms with van der Waals surface area (Å²) in [5.41, 5.74) is 3.91. The molecular weight excluding hydrogens is 555 g/mol. The van der Waals surface area contributed by atoms with Gasteiger partial charge in [0.2, 0.25) is 12.3 Å². The maximum atomic E-state index is 15.1. The first-order chi connectivity index (χ1) is 20.0. The molecule has 0 saturated carbocycles. The van der Waals surface area contributed by atoms with E-state index in [9.17, 15) is 9.59 Å². The molecule has 0 radical (unpaired) electrons. The van der Waals surface area contributed by atoms with E-state index in [1.54, 1.807) is 36.3 Å². The van der Waals surface area contributed by atoms with Gasteiger partial charge in [0.25, 0.3) is 0 Å². The quantitative estimate of drug-likeness (QED) is 0.144. The lowest BCUT2D eigenvalue weighted by Crippen LogP contribution is -2.55. The smallest absolute Gasteiger partial charge is 0.246 e. The van der Waals surface area contributed by atoms with Crippen molar-refractivity contribution in [3.63, 3.8) is 0 Å². The normalized spacial score (nSPS) is 15.6. The standard InChI is InChI=1S/C32H36ClFN6O2/c1-8-27(42)38-13-14-39(22(6)17-38)31(35-7)24-16-25(33)29(23-15-20(4)9-10-26(23)34)37-32(24)40(18-41)30-21(5)11-12-36-28(30)19(2)3/h8-12,15-16,18-19,22H,1,13-14,17H2,2-7H3. The Morgan fingerprint density at radius 2 is 1.98 bits per heavy atom. The number of carbonyl (C=O) groups is 2. The SMILES string of the molecule is C=CC(=O)N1CCN(C(=NC)c2cc(Cl)c(-c3cc(C)ccc3F)nc2N(C=O)c2c(C)ccnc2C(C)C)C(C)C1. The lowest BCUT2D eigenvalue weighted by molar-refractivity contribution is -0.128. The molecule has 0 aliphatic carbocycles. The molecule has 1 atom stereocenters. The fraction of sp³-hybridized carbons (Fsp3) is 0.344. The van der Waals surface area contributed by atoms with Crippen LogP contribution < -0.4 is 4.90 Å². The van der Waals surface area contributed by atoms with Crippen LogP contribution in [-0.2, 0) is 9.59 Å². The lowest BCUT2D eigenvalue weighted by Gasteiger charge is -2.41. The zero-order valence-corrected chi connectivity index (χ0v) is 25.6. The average molecular weight is 591 g/mol. The van der Waals surface area contributed by atoms with Gasteiger partial charge < -0.3 is 9.80 Å². The number of carbonyl (C=O) groups excluding carboxylic acids is 2. The number of piperazine rings is 1. The number of aromatic nitrogens is 2. The van der Waals surface area contributed by atoms with Crippen LogP contribution in [0.25, 0.3) is 11.3 Å². The molecule has 0 spiro atoms. The lowest BCUT2D eigenvalue weighted by atomic mass is 10.0. The number of nitrogens with zero attached hydrogens (tertiary/aromatic N) is 6. The predicted molar refractivity (Wildman–Crippen MR) is 166 cm³/mol. The predicted octanol–water partition coefficient (Wildman–Crippen LogP) is 6.07. The van der Waals surface area contributed by atoms with Crippen molar-refractivity contribution < 1.29 is 14.0 Å². The van der Waals surface area contributed by atoms with Gasteiger partial charge in [0.15, 0.2) is 5.82 Å². The number of anilines is 2. The van der Waals surface area contributed by atoms with E-state index in [2.05, 4.69) is 21.5 Å². The molecule has 1 saturated heterocycles. The molecule has 4 rings (SSSR count). The fourth-order valence-electron chi connectivity index (χ4n) is 5.36. The summed E-state index contributed by atoms with van der Waals surface area (Å²) in [4.78, 5) is 44.7. The Bertz CT molecular complexity index is 1560. The van der Waals surface area contributed by atoms with Gasteiger partial charge in [0.05, 0.1) is 27.7 Å². The number of amides is 2. The highest BCUT2D eigenvalue weighted by Crippen LogP contribution is 2.39. The molecule has 42 heavy (non-hydrogen) atoms. The van der Waals surface area contributed by atoms with Crippen LogP contribution in [0, 0.1) is 19.7 Å². The number of benzene rings is 1. The van der Waals surface area contributed by atoms with Gasteiger partial charge in [-0.25, -0.2) is 9.37 Å². The molecule has 1 aliphatic rings. The Balaban J connectivity index is 1.97. The van der Waals surface area contributed by atoms with E-state index in [1.807, 2.05) is 40.7 Å². The van der Waals surface area contributed by atoms with Crippen molar-refractivity contribution in [2.75, 3.05) is 31.6 Å².